The number of rotatable bonds is 12. The van der Waals surface area contributed by atoms with E-state index in [1.165, 1.54) is 0 Å². The molecule has 1 aliphatic rings. The maximum atomic E-state index is 10.1. The van der Waals surface area contributed by atoms with Gasteiger partial charge in [0.2, 0.25) is 0 Å². The van der Waals surface area contributed by atoms with Gasteiger partial charge in [0, 0.05) is 23.5 Å². The fourth-order valence-corrected chi connectivity index (χ4v) is 5.61. The Morgan fingerprint density at radius 3 is 1.59 bits per heavy atom. The lowest BCUT2D eigenvalue weighted by molar-refractivity contribution is -0.141. The molecule has 1 aliphatic heterocycles. The molecule has 0 radical (unpaired) electrons. The number of aliphatic hydroxyl groups is 2. The number of aliphatic hydroxyl groups excluding tert-OH is 2. The Bertz CT molecular complexity index is 421. The average Bonchev–Trinajstić information content (AvgIpc) is 3.15. The maximum Gasteiger partial charge on any atom is 0.160 e. The van der Waals surface area contributed by atoms with E-state index in [2.05, 4.69) is 69.2 Å². The van der Waals surface area contributed by atoms with Gasteiger partial charge in [-0.05, 0) is 65.5 Å². The fourth-order valence-electron chi connectivity index (χ4n) is 2.76. The van der Waals surface area contributed by atoms with Crippen LogP contribution >= 0.6 is 10.6 Å². The van der Waals surface area contributed by atoms with E-state index in [1.807, 2.05) is 13.8 Å². The van der Waals surface area contributed by atoms with Gasteiger partial charge >= 0.3 is 0 Å². The van der Waals surface area contributed by atoms with E-state index < -0.39 is 16.7 Å². The Hall–Kier alpha value is 0.0300. The van der Waals surface area contributed by atoms with Crippen LogP contribution in [0, 0.1) is 11.8 Å². The van der Waals surface area contributed by atoms with E-state index in [9.17, 15) is 5.11 Å². The van der Waals surface area contributed by atoms with Gasteiger partial charge in [-0.25, -0.2) is 0 Å². The molecule has 232 valence electrons. The summed E-state index contributed by atoms with van der Waals surface area (Å²) in [4.78, 5) is 0. The first kappa shape index (κ1) is 44.1. The van der Waals surface area contributed by atoms with Crippen LogP contribution in [0.4, 0.5) is 0 Å². The molecule has 0 spiro atoms. The van der Waals surface area contributed by atoms with Gasteiger partial charge in [-0.3, -0.25) is 8.37 Å². The molecule has 0 aromatic rings. The molecule has 9 heteroatoms. The minimum Gasteiger partial charge on any atom is -0.396 e. The molecular formula is C28H68N2O6S. The van der Waals surface area contributed by atoms with Crippen molar-refractivity contribution in [3.63, 3.8) is 0 Å². The number of hydrogen-bond donors (Lipinski definition) is 4. The molecule has 0 aliphatic carbocycles. The molecule has 6 N–H and O–H groups in total. The van der Waals surface area contributed by atoms with E-state index in [0.717, 1.165) is 24.7 Å². The molecule has 1 saturated heterocycles. The molecule has 1 fully saturated rings. The van der Waals surface area contributed by atoms with E-state index >= 15 is 0 Å². The zero-order valence-corrected chi connectivity index (χ0v) is 27.6. The van der Waals surface area contributed by atoms with Crippen molar-refractivity contribution in [2.45, 2.75) is 131 Å². The van der Waals surface area contributed by atoms with Crippen LogP contribution in [0.5, 0.6) is 0 Å². The van der Waals surface area contributed by atoms with Gasteiger partial charge in [-0.1, -0.05) is 55.4 Å². The minimum atomic E-state index is -1.67. The van der Waals surface area contributed by atoms with E-state index in [4.69, 9.17) is 34.4 Å². The molecule has 0 amide bonds. The summed E-state index contributed by atoms with van der Waals surface area (Å²) >= 11 is 0. The SMILES string of the molecule is CC.CC(C)C.CC(C)C.COS(OCC1OC(OCCCN)C[C@@H]1O)(C(C)C)C(C)C.NCCCO. The zero-order chi connectivity index (χ0) is 30.0. The zero-order valence-electron chi connectivity index (χ0n) is 26.8. The van der Waals surface area contributed by atoms with Crippen molar-refractivity contribution in [3.8, 4) is 0 Å². The molecule has 1 heterocycles. The van der Waals surface area contributed by atoms with Gasteiger partial charge in [-0.2, -0.15) is 10.6 Å². The standard InChI is InChI=1S/C15H33NO5S.2C4H10.C3H9NO.C2H6/c1-11(2)22(18-5,12(3)4)20-10-14-13(17)9-15(21-14)19-8-6-7-16;2*1-4(2)3;4-2-1-3-5;1-2/h11-15,17H,6-10,16H2,1-5H3;2*4H,1-3H3;5H,1-4H2;1-2H3/t13-,14?,15?;;;;/m0..../s1. The number of hydrogen-bond acceptors (Lipinski definition) is 8. The first-order chi connectivity index (χ1) is 17.2. The second-order valence-electron chi connectivity index (χ2n) is 10.4. The summed E-state index contributed by atoms with van der Waals surface area (Å²) in [6, 6.07) is 0. The topological polar surface area (TPSA) is 129 Å². The van der Waals surface area contributed by atoms with Crippen molar-refractivity contribution < 1.29 is 28.1 Å². The van der Waals surface area contributed by atoms with Crippen molar-refractivity contribution in [2.75, 3.05) is 40.0 Å². The summed E-state index contributed by atoms with van der Waals surface area (Å²) in [6.07, 6.45) is 0.658. The van der Waals surface area contributed by atoms with Crippen molar-refractivity contribution in [3.05, 3.63) is 0 Å². The molecule has 0 saturated carbocycles. The quantitative estimate of drug-likeness (QED) is 0.226. The Morgan fingerprint density at radius 2 is 1.30 bits per heavy atom. The van der Waals surface area contributed by atoms with Crippen LogP contribution in [0.25, 0.3) is 0 Å². The van der Waals surface area contributed by atoms with Crippen molar-refractivity contribution in [1.82, 2.24) is 0 Å². The lowest BCUT2D eigenvalue weighted by atomic mass is 10.2. The second-order valence-corrected chi connectivity index (χ2v) is 14.0. The third kappa shape index (κ3) is 26.0. The Morgan fingerprint density at radius 1 is 0.865 bits per heavy atom. The highest BCUT2D eigenvalue weighted by Crippen LogP contribution is 2.58. The van der Waals surface area contributed by atoms with Gasteiger partial charge < -0.3 is 31.2 Å². The molecule has 1 rings (SSSR count). The first-order valence-electron chi connectivity index (χ1n) is 14.2. The average molecular weight is 561 g/mol. The number of nitrogens with two attached hydrogens (primary N) is 2. The summed E-state index contributed by atoms with van der Waals surface area (Å²) < 4.78 is 23.2. The largest absolute Gasteiger partial charge is 0.396 e. The summed E-state index contributed by atoms with van der Waals surface area (Å²) in [6.45, 7) is 27.7. The van der Waals surface area contributed by atoms with Gasteiger partial charge in [0.15, 0.2) is 6.29 Å². The van der Waals surface area contributed by atoms with Gasteiger partial charge in [0.05, 0.1) is 19.8 Å². The Kier molecular flexibility index (Phi) is 34.6. The molecule has 0 aromatic carbocycles. The lowest BCUT2D eigenvalue weighted by Crippen LogP contribution is -2.32. The summed E-state index contributed by atoms with van der Waals surface area (Å²) in [5.74, 6) is 1.67. The molecule has 0 aromatic heterocycles. The third-order valence-corrected chi connectivity index (χ3v) is 7.85. The van der Waals surface area contributed by atoms with Crippen LogP contribution in [-0.4, -0.2) is 79.2 Å². The Labute approximate surface area is 233 Å². The predicted octanol–water partition coefficient (Wildman–Crippen LogP) is 5.62. The monoisotopic (exact) mass is 560 g/mol. The highest BCUT2D eigenvalue weighted by atomic mass is 32.3. The summed E-state index contributed by atoms with van der Waals surface area (Å²) in [5, 5.41) is 18.6. The van der Waals surface area contributed by atoms with Crippen LogP contribution in [0.3, 0.4) is 0 Å². The lowest BCUT2D eigenvalue weighted by Gasteiger charge is -2.49. The van der Waals surface area contributed by atoms with Gasteiger partial charge in [0.1, 0.15) is 12.7 Å². The molecule has 8 nitrogen and oxygen atoms in total. The molecule has 3 atom stereocenters. The summed E-state index contributed by atoms with van der Waals surface area (Å²) in [7, 11) is 0.0291. The highest BCUT2D eigenvalue weighted by molar-refractivity contribution is 8.26. The highest BCUT2D eigenvalue weighted by Gasteiger charge is 2.37. The van der Waals surface area contributed by atoms with Gasteiger partial charge in [0.25, 0.3) is 0 Å². The molecule has 37 heavy (non-hydrogen) atoms. The van der Waals surface area contributed by atoms with Crippen LogP contribution in [0.15, 0.2) is 0 Å². The van der Waals surface area contributed by atoms with Crippen molar-refractivity contribution >= 4 is 10.6 Å². The van der Waals surface area contributed by atoms with Crippen LogP contribution in [0.2, 0.25) is 0 Å². The fraction of sp³-hybridized carbons (Fsp3) is 1.00. The number of ether oxygens (including phenoxy) is 2. The van der Waals surface area contributed by atoms with Crippen LogP contribution in [-0.2, 0) is 17.8 Å². The predicted molar refractivity (Wildman–Crippen MR) is 163 cm³/mol. The van der Waals surface area contributed by atoms with Gasteiger partial charge in [-0.15, -0.1) is 0 Å². The molecular weight excluding hydrogens is 492 g/mol. The summed E-state index contributed by atoms with van der Waals surface area (Å²) in [5.41, 5.74) is 10.4. The van der Waals surface area contributed by atoms with Crippen LogP contribution in [0.1, 0.15) is 102 Å². The first-order valence-corrected chi connectivity index (χ1v) is 15.8. The van der Waals surface area contributed by atoms with E-state index in [-0.39, 0.29) is 29.5 Å². The second kappa shape index (κ2) is 29.0. The van der Waals surface area contributed by atoms with Crippen molar-refractivity contribution in [1.29, 1.82) is 0 Å². The van der Waals surface area contributed by atoms with Crippen molar-refractivity contribution in [2.24, 2.45) is 23.3 Å². The van der Waals surface area contributed by atoms with E-state index in [0.29, 0.717) is 32.7 Å². The smallest absolute Gasteiger partial charge is 0.160 e. The van der Waals surface area contributed by atoms with Crippen LogP contribution < -0.4 is 11.5 Å². The normalized spacial score (nSPS) is 19.3. The molecule has 2 unspecified atom stereocenters. The Balaban J connectivity index is -0.000000297. The van der Waals surface area contributed by atoms with E-state index in [1.54, 1.807) is 7.11 Å². The molecule has 0 bridgehead atoms. The minimum absolute atomic E-state index is 0.219. The maximum absolute atomic E-state index is 10.1. The third-order valence-electron chi connectivity index (χ3n) is 4.20.